The first kappa shape index (κ1) is 21.4. The molecule has 2 heterocycles. The van der Waals surface area contributed by atoms with Crippen LogP contribution >= 0.6 is 0 Å². The van der Waals surface area contributed by atoms with E-state index in [4.69, 9.17) is 9.47 Å². The van der Waals surface area contributed by atoms with Crippen molar-refractivity contribution in [2.75, 3.05) is 59.6 Å². The van der Waals surface area contributed by atoms with Gasteiger partial charge in [0.1, 0.15) is 12.3 Å². The summed E-state index contributed by atoms with van der Waals surface area (Å²) in [5.74, 6) is 1.55. The van der Waals surface area contributed by atoms with Gasteiger partial charge in [-0.3, -0.25) is 9.69 Å². The lowest BCUT2D eigenvalue weighted by Crippen LogP contribution is -2.47. The Morgan fingerprint density at radius 3 is 2.66 bits per heavy atom. The zero-order chi connectivity index (χ0) is 20.5. The van der Waals surface area contributed by atoms with E-state index in [1.165, 1.54) is 0 Å². The molecule has 3 rings (SSSR count). The summed E-state index contributed by atoms with van der Waals surface area (Å²) in [4.78, 5) is 21.6. The van der Waals surface area contributed by atoms with Gasteiger partial charge in [-0.15, -0.1) is 0 Å². The topological polar surface area (TPSA) is 78.4 Å². The number of morpholine rings is 1. The number of nitrogens with zero attached hydrogens (tertiary/aromatic N) is 3. The molecule has 0 aromatic heterocycles. The smallest absolute Gasteiger partial charge is 0.242 e. The van der Waals surface area contributed by atoms with Crippen molar-refractivity contribution < 1.29 is 14.3 Å². The summed E-state index contributed by atoms with van der Waals surface area (Å²) in [5.41, 5.74) is 1.03. The summed E-state index contributed by atoms with van der Waals surface area (Å²) >= 11 is 0. The van der Waals surface area contributed by atoms with Gasteiger partial charge in [0.25, 0.3) is 0 Å². The van der Waals surface area contributed by atoms with Crippen molar-refractivity contribution in [3.05, 3.63) is 29.8 Å². The number of carbonyl (C=O) groups is 1. The zero-order valence-electron chi connectivity index (χ0n) is 17.5. The van der Waals surface area contributed by atoms with Crippen LogP contribution in [-0.2, 0) is 16.1 Å². The maximum Gasteiger partial charge on any atom is 0.242 e. The van der Waals surface area contributed by atoms with E-state index in [1.807, 2.05) is 24.3 Å². The molecule has 1 amide bonds. The van der Waals surface area contributed by atoms with E-state index in [0.717, 1.165) is 69.6 Å². The molecule has 0 saturated carbocycles. The normalized spacial score (nSPS) is 20.6. The summed E-state index contributed by atoms with van der Waals surface area (Å²) in [7, 11) is 1.64. The number of benzene rings is 1. The fraction of sp³-hybridized carbons (Fsp3) is 0.619. The van der Waals surface area contributed by atoms with Crippen LogP contribution in [0.1, 0.15) is 18.9 Å². The van der Waals surface area contributed by atoms with Crippen LogP contribution in [0.4, 0.5) is 0 Å². The largest absolute Gasteiger partial charge is 0.497 e. The van der Waals surface area contributed by atoms with Crippen LogP contribution in [-0.4, -0.2) is 87.3 Å². The molecule has 1 aromatic carbocycles. The van der Waals surface area contributed by atoms with Gasteiger partial charge in [-0.05, 0) is 31.0 Å². The van der Waals surface area contributed by atoms with Crippen LogP contribution in [0.15, 0.2) is 29.3 Å². The van der Waals surface area contributed by atoms with E-state index in [-0.39, 0.29) is 12.5 Å². The van der Waals surface area contributed by atoms with E-state index >= 15 is 0 Å². The van der Waals surface area contributed by atoms with Crippen LogP contribution in [0.5, 0.6) is 5.75 Å². The van der Waals surface area contributed by atoms with Gasteiger partial charge in [0, 0.05) is 45.3 Å². The van der Waals surface area contributed by atoms with Crippen molar-refractivity contribution in [1.82, 2.24) is 20.4 Å². The fourth-order valence-electron chi connectivity index (χ4n) is 3.75. The number of hydrogen-bond acceptors (Lipinski definition) is 5. The molecule has 29 heavy (non-hydrogen) atoms. The summed E-state index contributed by atoms with van der Waals surface area (Å²) in [5, 5.41) is 6.26. The Bertz CT molecular complexity index is 673. The average molecular weight is 404 g/mol. The summed E-state index contributed by atoms with van der Waals surface area (Å²) in [6, 6.07) is 8.21. The molecular formula is C21H33N5O3. The lowest BCUT2D eigenvalue weighted by Gasteiger charge is -2.32. The summed E-state index contributed by atoms with van der Waals surface area (Å²) in [6.45, 7) is 8.98. The van der Waals surface area contributed by atoms with Crippen LogP contribution in [0, 0.1) is 0 Å². The van der Waals surface area contributed by atoms with Crippen LogP contribution in [0.3, 0.4) is 0 Å². The van der Waals surface area contributed by atoms with Crippen molar-refractivity contribution in [2.24, 2.45) is 4.99 Å². The van der Waals surface area contributed by atoms with E-state index in [9.17, 15) is 4.79 Å². The molecule has 2 aliphatic rings. The highest BCUT2D eigenvalue weighted by molar-refractivity contribution is 5.85. The van der Waals surface area contributed by atoms with Crippen molar-refractivity contribution in [1.29, 1.82) is 0 Å². The molecule has 0 aliphatic carbocycles. The lowest BCUT2D eigenvalue weighted by atomic mass is 10.2. The highest BCUT2D eigenvalue weighted by Gasteiger charge is 2.30. The molecule has 1 atom stereocenters. The molecule has 160 valence electrons. The number of aliphatic imine (C=N–C) groups is 1. The molecule has 2 aliphatic heterocycles. The fourth-order valence-corrected chi connectivity index (χ4v) is 3.75. The number of hydrogen-bond donors (Lipinski definition) is 2. The Balaban J connectivity index is 1.48. The predicted molar refractivity (Wildman–Crippen MR) is 113 cm³/mol. The third kappa shape index (κ3) is 6.33. The maximum atomic E-state index is 12.3. The molecule has 0 spiro atoms. The number of nitrogens with one attached hydrogen (secondary N) is 2. The van der Waals surface area contributed by atoms with Crippen LogP contribution in [0.25, 0.3) is 0 Å². The number of carbonyl (C=O) groups excluding carboxylic acids is 1. The van der Waals surface area contributed by atoms with E-state index in [1.54, 1.807) is 7.11 Å². The number of likely N-dealkylation sites (tertiary alicyclic amines) is 1. The van der Waals surface area contributed by atoms with Gasteiger partial charge in [-0.1, -0.05) is 12.1 Å². The summed E-state index contributed by atoms with van der Waals surface area (Å²) < 4.78 is 10.6. The van der Waals surface area contributed by atoms with Crippen molar-refractivity contribution in [3.63, 3.8) is 0 Å². The minimum Gasteiger partial charge on any atom is -0.497 e. The second kappa shape index (κ2) is 11.0. The minimum atomic E-state index is -0.0832. The molecule has 0 radical (unpaired) electrons. The highest BCUT2D eigenvalue weighted by Crippen LogP contribution is 2.17. The standard InChI is InChI=1S/C21H33N5O3/c1-3-22-21(26-9-8-18(16-26)25-10-12-29-13-11-25)24-15-20(27)23-14-17-4-6-19(28-2)7-5-17/h4-7,18H,3,8-16H2,1-2H3,(H,22,24)(H,23,27). The Morgan fingerprint density at radius 2 is 1.97 bits per heavy atom. The molecule has 2 saturated heterocycles. The van der Waals surface area contributed by atoms with Gasteiger partial charge in [-0.25, -0.2) is 4.99 Å². The Kier molecular flexibility index (Phi) is 8.13. The first-order valence-corrected chi connectivity index (χ1v) is 10.4. The first-order valence-electron chi connectivity index (χ1n) is 10.4. The number of ether oxygens (including phenoxy) is 2. The molecule has 1 aromatic rings. The minimum absolute atomic E-state index is 0.0832. The van der Waals surface area contributed by atoms with E-state index in [0.29, 0.717) is 12.6 Å². The van der Waals surface area contributed by atoms with Crippen LogP contribution < -0.4 is 15.4 Å². The molecular weight excluding hydrogens is 370 g/mol. The predicted octanol–water partition coefficient (Wildman–Crippen LogP) is 0.683. The molecule has 8 nitrogen and oxygen atoms in total. The third-order valence-electron chi connectivity index (χ3n) is 5.38. The Hall–Kier alpha value is -2.32. The van der Waals surface area contributed by atoms with Crippen molar-refractivity contribution in [3.8, 4) is 5.75 Å². The Morgan fingerprint density at radius 1 is 1.21 bits per heavy atom. The first-order chi connectivity index (χ1) is 14.2. The van der Waals surface area contributed by atoms with Gasteiger partial charge >= 0.3 is 0 Å². The molecule has 1 unspecified atom stereocenters. The van der Waals surface area contributed by atoms with Crippen molar-refractivity contribution >= 4 is 11.9 Å². The monoisotopic (exact) mass is 403 g/mol. The van der Waals surface area contributed by atoms with Gasteiger partial charge < -0.3 is 25.0 Å². The third-order valence-corrected chi connectivity index (χ3v) is 5.38. The number of guanidine groups is 1. The number of methoxy groups -OCH3 is 1. The SMILES string of the molecule is CCNC(=NCC(=O)NCc1ccc(OC)cc1)N1CCC(N2CCOCC2)C1. The Labute approximate surface area is 173 Å². The van der Waals surface area contributed by atoms with E-state index < -0.39 is 0 Å². The van der Waals surface area contributed by atoms with Crippen molar-refractivity contribution in [2.45, 2.75) is 25.9 Å². The lowest BCUT2D eigenvalue weighted by molar-refractivity contribution is -0.119. The van der Waals surface area contributed by atoms with E-state index in [2.05, 4.69) is 32.3 Å². The molecule has 0 bridgehead atoms. The zero-order valence-corrected chi connectivity index (χ0v) is 17.5. The maximum absolute atomic E-state index is 12.3. The molecule has 8 heteroatoms. The average Bonchev–Trinajstić information content (AvgIpc) is 3.26. The quantitative estimate of drug-likeness (QED) is 0.515. The second-order valence-corrected chi connectivity index (χ2v) is 7.33. The number of amides is 1. The van der Waals surface area contributed by atoms with Gasteiger partial charge in [-0.2, -0.15) is 0 Å². The highest BCUT2D eigenvalue weighted by atomic mass is 16.5. The number of rotatable bonds is 7. The second-order valence-electron chi connectivity index (χ2n) is 7.33. The van der Waals surface area contributed by atoms with Gasteiger partial charge in [0.15, 0.2) is 5.96 Å². The van der Waals surface area contributed by atoms with Crippen LogP contribution in [0.2, 0.25) is 0 Å². The summed E-state index contributed by atoms with van der Waals surface area (Å²) in [6.07, 6.45) is 1.12. The molecule has 2 N–H and O–H groups in total. The van der Waals surface area contributed by atoms with Gasteiger partial charge in [0.05, 0.1) is 20.3 Å². The van der Waals surface area contributed by atoms with Gasteiger partial charge in [0.2, 0.25) is 5.91 Å². The molecule has 2 fully saturated rings.